The predicted molar refractivity (Wildman–Crippen MR) is 68.7 cm³/mol. The quantitative estimate of drug-likeness (QED) is 0.625. The molecule has 1 heterocycles. The molecule has 5 heteroatoms. The van der Waals surface area contributed by atoms with Gasteiger partial charge in [-0.3, -0.25) is 0 Å². The Morgan fingerprint density at radius 1 is 1.50 bits per heavy atom. The zero-order valence-electron chi connectivity index (χ0n) is 9.09. The van der Waals surface area contributed by atoms with Gasteiger partial charge in [-0.25, -0.2) is 0 Å². The zero-order chi connectivity index (χ0) is 12.0. The van der Waals surface area contributed by atoms with Crippen molar-refractivity contribution in [3.8, 4) is 5.88 Å². The van der Waals surface area contributed by atoms with E-state index in [0.29, 0.717) is 28.3 Å². The molecule has 1 N–H and O–H groups in total. The van der Waals surface area contributed by atoms with E-state index in [1.165, 1.54) is 0 Å². The molecule has 3 nitrogen and oxygen atoms in total. The molecule has 0 atom stereocenters. The minimum Gasteiger partial charge on any atom is -0.477 e. The number of aromatic nitrogens is 1. The maximum Gasteiger partial charge on any atom is 0.234 e. The van der Waals surface area contributed by atoms with Gasteiger partial charge in [0.25, 0.3) is 0 Å². The molecule has 0 aliphatic heterocycles. The largest absolute Gasteiger partial charge is 0.477 e. The van der Waals surface area contributed by atoms with Gasteiger partial charge in [0.1, 0.15) is 10.8 Å². The van der Waals surface area contributed by atoms with Gasteiger partial charge >= 0.3 is 0 Å². The third-order valence-corrected chi connectivity index (χ3v) is 2.48. The van der Waals surface area contributed by atoms with Crippen LogP contribution in [0.4, 0.5) is 5.82 Å². The Morgan fingerprint density at radius 2 is 2.25 bits per heavy atom. The normalized spacial score (nSPS) is 9.94. The number of nitrogens with zero attached hydrogens (tertiary/aromatic N) is 1. The Bertz CT molecular complexity index is 369. The van der Waals surface area contributed by atoms with Gasteiger partial charge in [0.2, 0.25) is 5.88 Å². The zero-order valence-corrected chi connectivity index (χ0v) is 10.6. The predicted octanol–water partition coefficient (Wildman–Crippen LogP) is 3.78. The lowest BCUT2D eigenvalue weighted by atomic mass is 10.3. The molecule has 1 aromatic heterocycles. The first kappa shape index (κ1) is 13.1. The Balaban J connectivity index is 2.68. The van der Waals surface area contributed by atoms with Crippen molar-refractivity contribution in [3.05, 3.63) is 28.8 Å². The van der Waals surface area contributed by atoms with Crippen LogP contribution in [0, 0.1) is 0 Å². The summed E-state index contributed by atoms with van der Waals surface area (Å²) in [4.78, 5) is 4.16. The first-order valence-corrected chi connectivity index (χ1v) is 5.72. The lowest BCUT2D eigenvalue weighted by Crippen LogP contribution is -2.02. The third-order valence-electron chi connectivity index (χ3n) is 1.93. The number of pyridine rings is 1. The maximum absolute atomic E-state index is 5.95. The minimum atomic E-state index is 0.402. The maximum atomic E-state index is 5.95. The second kappa shape index (κ2) is 6.61. The summed E-state index contributed by atoms with van der Waals surface area (Å²) in [6.07, 6.45) is 3.64. The summed E-state index contributed by atoms with van der Waals surface area (Å²) in [6.45, 7) is 4.20. The lowest BCUT2D eigenvalue weighted by Gasteiger charge is -2.09. The molecule has 0 aromatic carbocycles. The van der Waals surface area contributed by atoms with Crippen LogP contribution < -0.4 is 10.1 Å². The van der Waals surface area contributed by atoms with Crippen molar-refractivity contribution in [3.63, 3.8) is 0 Å². The Kier molecular flexibility index (Phi) is 5.43. The van der Waals surface area contributed by atoms with Crippen molar-refractivity contribution in [2.24, 2.45) is 0 Å². The van der Waals surface area contributed by atoms with E-state index >= 15 is 0 Å². The van der Waals surface area contributed by atoms with Crippen LogP contribution in [0.15, 0.2) is 18.7 Å². The lowest BCUT2D eigenvalue weighted by molar-refractivity contribution is 0.301. The number of nitrogens with one attached hydrogen (secondary N) is 1. The summed E-state index contributed by atoms with van der Waals surface area (Å²) in [5.41, 5.74) is 0. The van der Waals surface area contributed by atoms with Crippen molar-refractivity contribution < 1.29 is 4.74 Å². The third kappa shape index (κ3) is 3.58. The van der Waals surface area contributed by atoms with E-state index in [2.05, 4.69) is 16.9 Å². The van der Waals surface area contributed by atoms with Crippen LogP contribution in [-0.2, 0) is 0 Å². The van der Waals surface area contributed by atoms with Crippen molar-refractivity contribution in [1.82, 2.24) is 4.98 Å². The van der Waals surface area contributed by atoms with Gasteiger partial charge in [0.15, 0.2) is 0 Å². The summed E-state index contributed by atoms with van der Waals surface area (Å²) in [5.74, 6) is 0.962. The topological polar surface area (TPSA) is 34.1 Å². The van der Waals surface area contributed by atoms with Gasteiger partial charge in [-0.15, -0.1) is 6.58 Å². The Hall–Kier alpha value is -0.930. The molecule has 1 aromatic rings. The molecular weight excluding hydrogens is 247 g/mol. The number of unbranched alkanes of at least 4 members (excludes halogenated alkanes) is 1. The van der Waals surface area contributed by atoms with Crippen molar-refractivity contribution in [2.75, 3.05) is 19.0 Å². The van der Waals surface area contributed by atoms with Crippen LogP contribution in [0.25, 0.3) is 0 Å². The molecule has 0 aliphatic rings. The molecule has 0 aliphatic carbocycles. The molecule has 88 valence electrons. The standard InChI is InChI=1S/C11H14Cl2N2O/c1-3-4-5-6-16-11-9(13)7-8(12)10(14-2)15-11/h3,7H,1,4-6H2,2H3,(H,14,15). The van der Waals surface area contributed by atoms with Gasteiger partial charge in [-0.05, 0) is 18.9 Å². The molecule has 0 saturated heterocycles. The summed E-state index contributed by atoms with van der Waals surface area (Å²) in [6, 6.07) is 1.62. The van der Waals surface area contributed by atoms with Crippen LogP contribution >= 0.6 is 23.2 Å². The van der Waals surface area contributed by atoms with E-state index in [1.807, 2.05) is 6.08 Å². The van der Waals surface area contributed by atoms with Gasteiger partial charge in [-0.2, -0.15) is 4.98 Å². The number of ether oxygens (including phenoxy) is 1. The molecule has 0 fully saturated rings. The van der Waals surface area contributed by atoms with Crippen LogP contribution in [0.1, 0.15) is 12.8 Å². The average Bonchev–Trinajstić information content (AvgIpc) is 2.27. The van der Waals surface area contributed by atoms with Crippen molar-refractivity contribution in [1.29, 1.82) is 0 Å². The van der Waals surface area contributed by atoms with Crippen molar-refractivity contribution in [2.45, 2.75) is 12.8 Å². The summed E-state index contributed by atoms with van der Waals surface area (Å²) in [5, 5.41) is 3.76. The smallest absolute Gasteiger partial charge is 0.234 e. The van der Waals surface area contributed by atoms with Gasteiger partial charge in [0, 0.05) is 7.05 Å². The second-order valence-corrected chi connectivity index (χ2v) is 3.95. The Morgan fingerprint density at radius 3 is 2.88 bits per heavy atom. The van der Waals surface area contributed by atoms with E-state index in [0.717, 1.165) is 12.8 Å². The highest BCUT2D eigenvalue weighted by Gasteiger charge is 2.08. The second-order valence-electron chi connectivity index (χ2n) is 3.14. The molecule has 16 heavy (non-hydrogen) atoms. The fourth-order valence-corrected chi connectivity index (χ4v) is 1.63. The van der Waals surface area contributed by atoms with E-state index in [-0.39, 0.29) is 0 Å². The van der Waals surface area contributed by atoms with Crippen LogP contribution in [-0.4, -0.2) is 18.6 Å². The number of halogens is 2. The molecular formula is C11H14Cl2N2O. The average molecular weight is 261 g/mol. The van der Waals surface area contributed by atoms with Gasteiger partial charge in [-0.1, -0.05) is 29.3 Å². The fourth-order valence-electron chi connectivity index (χ4n) is 1.12. The van der Waals surface area contributed by atoms with E-state index in [9.17, 15) is 0 Å². The monoisotopic (exact) mass is 260 g/mol. The van der Waals surface area contributed by atoms with Crippen LogP contribution in [0.2, 0.25) is 10.0 Å². The summed E-state index contributed by atoms with van der Waals surface area (Å²) in [7, 11) is 1.74. The van der Waals surface area contributed by atoms with E-state index in [1.54, 1.807) is 13.1 Å². The molecule has 0 saturated carbocycles. The molecule has 0 amide bonds. The number of allylic oxidation sites excluding steroid dienone is 1. The summed E-state index contributed by atoms with van der Waals surface area (Å²) < 4.78 is 5.45. The molecule has 0 bridgehead atoms. The highest BCUT2D eigenvalue weighted by molar-refractivity contribution is 6.36. The highest BCUT2D eigenvalue weighted by atomic mass is 35.5. The highest BCUT2D eigenvalue weighted by Crippen LogP contribution is 2.30. The molecule has 1 rings (SSSR count). The van der Waals surface area contributed by atoms with Crippen LogP contribution in [0.5, 0.6) is 5.88 Å². The van der Waals surface area contributed by atoms with Gasteiger partial charge in [0.05, 0.1) is 11.6 Å². The SMILES string of the molecule is C=CCCCOc1nc(NC)c(Cl)cc1Cl. The first-order valence-electron chi connectivity index (χ1n) is 4.96. The van der Waals surface area contributed by atoms with E-state index < -0.39 is 0 Å². The van der Waals surface area contributed by atoms with Crippen molar-refractivity contribution >= 4 is 29.0 Å². The number of hydrogen-bond donors (Lipinski definition) is 1. The van der Waals surface area contributed by atoms with E-state index in [4.69, 9.17) is 27.9 Å². The fraction of sp³-hybridized carbons (Fsp3) is 0.364. The van der Waals surface area contributed by atoms with Crippen LogP contribution in [0.3, 0.4) is 0 Å². The first-order chi connectivity index (χ1) is 7.69. The number of rotatable bonds is 6. The minimum absolute atomic E-state index is 0.402. The number of hydrogen-bond acceptors (Lipinski definition) is 3. The molecule has 0 radical (unpaired) electrons. The summed E-state index contributed by atoms with van der Waals surface area (Å²) >= 11 is 11.9. The van der Waals surface area contributed by atoms with Gasteiger partial charge < -0.3 is 10.1 Å². The molecule has 0 unspecified atom stereocenters. The molecule has 0 spiro atoms. The number of anilines is 1. The Labute approximate surface area is 105 Å².